The third-order valence-corrected chi connectivity index (χ3v) is 3.85. The molecule has 0 atom stereocenters. The first-order valence-corrected chi connectivity index (χ1v) is 8.05. The Hall–Kier alpha value is -2.32. The van der Waals surface area contributed by atoms with Crippen molar-refractivity contribution < 1.29 is 19.1 Å². The lowest BCUT2D eigenvalue weighted by Crippen LogP contribution is -2.19. The Balaban J connectivity index is 2.13. The summed E-state index contributed by atoms with van der Waals surface area (Å²) < 4.78 is 9.95. The van der Waals surface area contributed by atoms with Crippen LogP contribution in [0, 0.1) is 0 Å². The van der Waals surface area contributed by atoms with Gasteiger partial charge >= 0.3 is 5.97 Å². The summed E-state index contributed by atoms with van der Waals surface area (Å²) in [6.45, 7) is 2.38. The molecule has 1 aliphatic rings. The molecule has 0 unspecified atom stereocenters. The van der Waals surface area contributed by atoms with Crippen molar-refractivity contribution in [2.24, 2.45) is 10.2 Å². The number of thioether (sulfide) groups is 1. The average Bonchev–Trinajstić information content (AvgIpc) is 2.89. The molecule has 1 aromatic rings. The van der Waals surface area contributed by atoms with Crippen molar-refractivity contribution in [1.82, 2.24) is 5.32 Å². The molecule has 0 aromatic heterocycles. The van der Waals surface area contributed by atoms with Gasteiger partial charge in [-0.25, -0.2) is 4.79 Å². The fraction of sp³-hybridized carbons (Fsp3) is 0.200. The largest absolute Gasteiger partial charge is 0.493 e. The van der Waals surface area contributed by atoms with Crippen molar-refractivity contribution in [3.05, 3.63) is 39.8 Å². The molecule has 0 saturated carbocycles. The third-order valence-electron chi connectivity index (χ3n) is 2.72. The molecule has 1 amide bonds. The molecular formula is C15H14ClN3O4S. The molecule has 0 aliphatic carbocycles. The fourth-order valence-electron chi connectivity index (χ4n) is 1.69. The molecule has 2 rings (SSSR count). The summed E-state index contributed by atoms with van der Waals surface area (Å²) in [5, 5.41) is 11.1. The molecule has 1 fully saturated rings. The minimum atomic E-state index is -0.613. The lowest BCUT2D eigenvalue weighted by atomic mass is 10.2. The average molecular weight is 368 g/mol. The number of amides is 1. The van der Waals surface area contributed by atoms with Crippen LogP contribution < -0.4 is 10.1 Å². The van der Waals surface area contributed by atoms with Crippen molar-refractivity contribution in [1.29, 1.82) is 0 Å². The molecule has 1 saturated heterocycles. The fourth-order valence-corrected chi connectivity index (χ4v) is 2.61. The zero-order valence-corrected chi connectivity index (χ0v) is 14.5. The molecule has 0 spiro atoms. The molecule has 0 bridgehead atoms. The second kappa shape index (κ2) is 8.51. The summed E-state index contributed by atoms with van der Waals surface area (Å²) in [5.74, 6) is -0.421. The Morgan fingerprint density at radius 1 is 1.46 bits per heavy atom. The maximum Gasteiger partial charge on any atom is 0.331 e. The quantitative estimate of drug-likeness (QED) is 0.373. The van der Waals surface area contributed by atoms with Crippen LogP contribution in [0.5, 0.6) is 5.75 Å². The van der Waals surface area contributed by atoms with Crippen LogP contribution in [0.15, 0.2) is 39.4 Å². The number of esters is 1. The lowest BCUT2D eigenvalue weighted by Gasteiger charge is -2.06. The SMILES string of the molecule is CCOc1ccc(Cl)cc1C=N/N=C1/NC(=O)/C(=C\C(=O)OC)S1. The van der Waals surface area contributed by atoms with Crippen molar-refractivity contribution in [2.75, 3.05) is 13.7 Å². The normalized spacial score (nSPS) is 17.5. The van der Waals surface area contributed by atoms with Gasteiger partial charge in [0.15, 0.2) is 5.17 Å². The molecule has 1 N–H and O–H groups in total. The summed E-state index contributed by atoms with van der Waals surface area (Å²) in [6.07, 6.45) is 2.56. The Bertz CT molecular complexity index is 746. The number of carbonyl (C=O) groups excluding carboxylic acids is 2. The predicted molar refractivity (Wildman–Crippen MR) is 93.5 cm³/mol. The molecular weight excluding hydrogens is 354 g/mol. The van der Waals surface area contributed by atoms with Crippen molar-refractivity contribution >= 4 is 46.6 Å². The van der Waals surface area contributed by atoms with Gasteiger partial charge in [-0.1, -0.05) is 11.6 Å². The van der Waals surface area contributed by atoms with Gasteiger partial charge in [0.05, 0.1) is 24.8 Å². The minimum Gasteiger partial charge on any atom is -0.493 e. The maximum absolute atomic E-state index is 11.7. The summed E-state index contributed by atoms with van der Waals surface area (Å²) in [5.41, 5.74) is 0.661. The van der Waals surface area contributed by atoms with E-state index in [1.165, 1.54) is 13.3 Å². The van der Waals surface area contributed by atoms with Gasteiger partial charge in [0.25, 0.3) is 5.91 Å². The second-order valence-corrected chi connectivity index (χ2v) is 5.82. The monoisotopic (exact) mass is 367 g/mol. The number of halogens is 1. The highest BCUT2D eigenvalue weighted by Gasteiger charge is 2.24. The van der Waals surface area contributed by atoms with Crippen LogP contribution in [0.1, 0.15) is 12.5 Å². The molecule has 126 valence electrons. The number of nitrogens with one attached hydrogen (secondary N) is 1. The van der Waals surface area contributed by atoms with Crippen LogP contribution in [-0.4, -0.2) is 37.0 Å². The summed E-state index contributed by atoms with van der Waals surface area (Å²) in [4.78, 5) is 23.0. The van der Waals surface area contributed by atoms with Crippen LogP contribution in [0.4, 0.5) is 0 Å². The smallest absolute Gasteiger partial charge is 0.331 e. The van der Waals surface area contributed by atoms with Crippen molar-refractivity contribution in [3.8, 4) is 5.75 Å². The Morgan fingerprint density at radius 2 is 2.25 bits per heavy atom. The van der Waals surface area contributed by atoms with Crippen LogP contribution >= 0.6 is 23.4 Å². The third kappa shape index (κ3) is 4.84. The number of nitrogens with zero attached hydrogens (tertiary/aromatic N) is 2. The topological polar surface area (TPSA) is 89.4 Å². The van der Waals surface area contributed by atoms with E-state index in [4.69, 9.17) is 16.3 Å². The van der Waals surface area contributed by atoms with E-state index in [1.807, 2.05) is 6.92 Å². The van der Waals surface area contributed by atoms with Gasteiger partial charge < -0.3 is 9.47 Å². The number of hydrogen-bond acceptors (Lipinski definition) is 7. The minimum absolute atomic E-state index is 0.188. The van der Waals surface area contributed by atoms with E-state index in [-0.39, 0.29) is 10.1 Å². The zero-order valence-electron chi connectivity index (χ0n) is 12.9. The predicted octanol–water partition coefficient (Wildman–Crippen LogP) is 2.35. The van der Waals surface area contributed by atoms with Crippen LogP contribution in [0.2, 0.25) is 5.02 Å². The molecule has 1 aromatic carbocycles. The molecule has 24 heavy (non-hydrogen) atoms. The Kier molecular flexibility index (Phi) is 6.39. The van der Waals surface area contributed by atoms with Crippen LogP contribution in [0.3, 0.4) is 0 Å². The zero-order chi connectivity index (χ0) is 17.5. The van der Waals surface area contributed by atoms with E-state index in [9.17, 15) is 9.59 Å². The second-order valence-electron chi connectivity index (χ2n) is 4.35. The highest BCUT2D eigenvalue weighted by Crippen LogP contribution is 2.24. The number of benzene rings is 1. The molecule has 0 radical (unpaired) electrons. The number of rotatable bonds is 5. The maximum atomic E-state index is 11.7. The van der Waals surface area contributed by atoms with Gasteiger partial charge in [-0.15, -0.1) is 5.10 Å². The summed E-state index contributed by atoms with van der Waals surface area (Å²) in [6, 6.07) is 5.15. The number of carbonyl (C=O) groups is 2. The van der Waals surface area contributed by atoms with Gasteiger partial charge in [-0.05, 0) is 36.9 Å². The molecule has 1 heterocycles. The van der Waals surface area contributed by atoms with E-state index in [0.29, 0.717) is 22.9 Å². The van der Waals surface area contributed by atoms with E-state index >= 15 is 0 Å². The van der Waals surface area contributed by atoms with Crippen LogP contribution in [-0.2, 0) is 14.3 Å². The van der Waals surface area contributed by atoms with E-state index in [1.54, 1.807) is 18.2 Å². The van der Waals surface area contributed by atoms with Gasteiger partial charge in [-0.3, -0.25) is 10.1 Å². The van der Waals surface area contributed by atoms with E-state index in [2.05, 4.69) is 20.3 Å². The van der Waals surface area contributed by atoms with Gasteiger partial charge in [0.2, 0.25) is 0 Å². The standard InChI is InChI=1S/C15H14ClN3O4S/c1-3-23-11-5-4-10(16)6-9(11)8-17-19-15-18-14(21)12(24-15)7-13(20)22-2/h4-8H,3H2,1-2H3,(H,18,19,21)/b12-7+,17-8?. The highest BCUT2D eigenvalue weighted by molar-refractivity contribution is 8.18. The number of methoxy groups -OCH3 is 1. The summed E-state index contributed by atoms with van der Waals surface area (Å²) >= 11 is 6.95. The Labute approximate surface area is 147 Å². The van der Waals surface area contributed by atoms with Gasteiger partial charge in [-0.2, -0.15) is 5.10 Å². The molecule has 7 nitrogen and oxygen atoms in total. The van der Waals surface area contributed by atoms with Gasteiger partial charge in [0, 0.05) is 16.7 Å². The molecule has 1 aliphatic heterocycles. The van der Waals surface area contributed by atoms with E-state index < -0.39 is 11.9 Å². The number of ether oxygens (including phenoxy) is 2. The molecule has 9 heteroatoms. The first-order chi connectivity index (χ1) is 11.5. The Morgan fingerprint density at radius 3 is 2.96 bits per heavy atom. The first-order valence-electron chi connectivity index (χ1n) is 6.85. The van der Waals surface area contributed by atoms with Crippen molar-refractivity contribution in [3.63, 3.8) is 0 Å². The number of hydrogen-bond donors (Lipinski definition) is 1. The number of amidine groups is 1. The lowest BCUT2D eigenvalue weighted by molar-refractivity contribution is -0.135. The van der Waals surface area contributed by atoms with Gasteiger partial charge in [0.1, 0.15) is 5.75 Å². The highest BCUT2D eigenvalue weighted by atomic mass is 35.5. The van der Waals surface area contributed by atoms with Crippen molar-refractivity contribution in [2.45, 2.75) is 6.92 Å². The van der Waals surface area contributed by atoms with E-state index in [0.717, 1.165) is 17.8 Å². The van der Waals surface area contributed by atoms with Crippen LogP contribution in [0.25, 0.3) is 0 Å². The first kappa shape index (κ1) is 18.0. The summed E-state index contributed by atoms with van der Waals surface area (Å²) in [7, 11) is 1.23.